The molecule has 5 nitrogen and oxygen atoms in total. The first-order valence-electron chi connectivity index (χ1n) is 8.90. The number of nitrogens with one attached hydrogen (secondary N) is 1. The molecule has 1 heterocycles. The molecule has 0 saturated heterocycles. The molecule has 1 amide bonds. The van der Waals surface area contributed by atoms with Crippen LogP contribution in [0, 0.1) is 11.7 Å². The molecule has 1 aliphatic rings. The summed E-state index contributed by atoms with van der Waals surface area (Å²) in [7, 11) is -3.76. The highest BCUT2D eigenvalue weighted by Crippen LogP contribution is 2.28. The van der Waals surface area contributed by atoms with Crippen LogP contribution in [0.4, 0.5) is 10.1 Å². The Balaban J connectivity index is 1.77. The summed E-state index contributed by atoms with van der Waals surface area (Å²) < 4.78 is 40.7. The lowest BCUT2D eigenvalue weighted by atomic mass is 10.0. The number of halogens is 1. The van der Waals surface area contributed by atoms with Crippen LogP contribution in [0.25, 0.3) is 0 Å². The maximum atomic E-state index is 13.1. The summed E-state index contributed by atoms with van der Waals surface area (Å²) in [6.45, 7) is 4.16. The first-order chi connectivity index (χ1) is 12.8. The first kappa shape index (κ1) is 19.5. The van der Waals surface area contributed by atoms with Crippen molar-refractivity contribution < 1.29 is 17.6 Å². The zero-order chi connectivity index (χ0) is 19.6. The van der Waals surface area contributed by atoms with E-state index in [-0.39, 0.29) is 17.6 Å². The molecule has 2 aromatic rings. The Morgan fingerprint density at radius 3 is 2.48 bits per heavy atom. The van der Waals surface area contributed by atoms with Crippen molar-refractivity contribution >= 4 is 21.6 Å². The number of rotatable bonds is 6. The second-order valence-corrected chi connectivity index (χ2v) is 8.85. The molecule has 1 aliphatic heterocycles. The molecular formula is C20H23FN2O3S. The topological polar surface area (TPSA) is 66.5 Å². The van der Waals surface area contributed by atoms with Crippen molar-refractivity contribution in [3.63, 3.8) is 0 Å². The lowest BCUT2D eigenvalue weighted by Gasteiger charge is -2.27. The predicted molar refractivity (Wildman–Crippen MR) is 103 cm³/mol. The molecule has 0 radical (unpaired) electrons. The molecule has 0 unspecified atom stereocenters. The zero-order valence-electron chi connectivity index (χ0n) is 15.4. The quantitative estimate of drug-likeness (QED) is 0.825. The van der Waals surface area contributed by atoms with E-state index in [0.717, 1.165) is 17.7 Å². The SMILES string of the molecule is CC(C)[C@H](NS(=O)(=O)Cc1ccc(F)cc1)C(=O)N1CCc2ccccc21. The molecule has 0 bridgehead atoms. The van der Waals surface area contributed by atoms with Crippen molar-refractivity contribution in [3.8, 4) is 0 Å². The summed E-state index contributed by atoms with van der Waals surface area (Å²) in [5, 5.41) is 0. The van der Waals surface area contributed by atoms with Gasteiger partial charge in [-0.2, -0.15) is 0 Å². The highest BCUT2D eigenvalue weighted by molar-refractivity contribution is 7.88. The standard InChI is InChI=1S/C20H23FN2O3S/c1-14(2)19(20(24)23-12-11-16-5-3-4-6-18(16)23)22-27(25,26)13-15-7-9-17(21)10-8-15/h3-10,14,19,22H,11-13H2,1-2H3/t19-/m0/s1. The number of anilines is 1. The Hall–Kier alpha value is -2.25. The highest BCUT2D eigenvalue weighted by Gasteiger charge is 2.34. The summed E-state index contributed by atoms with van der Waals surface area (Å²) >= 11 is 0. The molecule has 0 aromatic heterocycles. The first-order valence-corrected chi connectivity index (χ1v) is 10.6. The van der Waals surface area contributed by atoms with Gasteiger partial charge in [-0.25, -0.2) is 17.5 Å². The monoisotopic (exact) mass is 390 g/mol. The van der Waals surface area contributed by atoms with Gasteiger partial charge in [-0.3, -0.25) is 4.79 Å². The average molecular weight is 390 g/mol. The number of hydrogen-bond acceptors (Lipinski definition) is 3. The Bertz CT molecular complexity index is 926. The van der Waals surface area contributed by atoms with Crippen LogP contribution in [-0.2, 0) is 27.0 Å². The van der Waals surface area contributed by atoms with Gasteiger partial charge in [0.05, 0.1) is 5.75 Å². The second kappa shape index (κ2) is 7.78. The van der Waals surface area contributed by atoms with E-state index in [4.69, 9.17) is 0 Å². The van der Waals surface area contributed by atoms with Crippen molar-refractivity contribution in [3.05, 3.63) is 65.5 Å². The number of sulfonamides is 1. The zero-order valence-corrected chi connectivity index (χ0v) is 16.2. The van der Waals surface area contributed by atoms with E-state index in [1.54, 1.807) is 4.90 Å². The van der Waals surface area contributed by atoms with E-state index in [1.807, 2.05) is 38.1 Å². The Kier molecular flexibility index (Phi) is 5.62. The smallest absolute Gasteiger partial charge is 0.245 e. The number of amides is 1. The van der Waals surface area contributed by atoms with Gasteiger partial charge in [0, 0.05) is 12.2 Å². The highest BCUT2D eigenvalue weighted by atomic mass is 32.2. The van der Waals surface area contributed by atoms with E-state index < -0.39 is 21.9 Å². The number of para-hydroxylation sites is 1. The number of fused-ring (bicyclic) bond motifs is 1. The van der Waals surface area contributed by atoms with Gasteiger partial charge in [0.2, 0.25) is 15.9 Å². The molecule has 7 heteroatoms. The van der Waals surface area contributed by atoms with Crippen LogP contribution in [0.2, 0.25) is 0 Å². The Morgan fingerprint density at radius 1 is 1.15 bits per heavy atom. The molecule has 0 saturated carbocycles. The minimum absolute atomic E-state index is 0.215. The summed E-state index contributed by atoms with van der Waals surface area (Å²) in [4.78, 5) is 14.7. The molecule has 1 atom stereocenters. The molecule has 27 heavy (non-hydrogen) atoms. The third-order valence-corrected chi connectivity index (χ3v) is 5.99. The van der Waals surface area contributed by atoms with Gasteiger partial charge in [0.15, 0.2) is 0 Å². The fourth-order valence-electron chi connectivity index (χ4n) is 3.24. The lowest BCUT2D eigenvalue weighted by molar-refractivity contribution is -0.121. The van der Waals surface area contributed by atoms with E-state index in [2.05, 4.69) is 4.72 Å². The molecule has 3 rings (SSSR count). The van der Waals surface area contributed by atoms with Gasteiger partial charge in [-0.15, -0.1) is 0 Å². The van der Waals surface area contributed by atoms with Gasteiger partial charge in [0.1, 0.15) is 11.9 Å². The summed E-state index contributed by atoms with van der Waals surface area (Å²) in [6, 6.07) is 12.1. The fourth-order valence-corrected chi connectivity index (χ4v) is 4.72. The van der Waals surface area contributed by atoms with Crippen LogP contribution in [0.5, 0.6) is 0 Å². The molecule has 0 spiro atoms. The van der Waals surface area contributed by atoms with Crippen molar-refractivity contribution in [2.75, 3.05) is 11.4 Å². The van der Waals surface area contributed by atoms with Crippen LogP contribution >= 0.6 is 0 Å². The fraction of sp³-hybridized carbons (Fsp3) is 0.350. The van der Waals surface area contributed by atoms with Crippen LogP contribution in [0.3, 0.4) is 0 Å². The van der Waals surface area contributed by atoms with E-state index in [9.17, 15) is 17.6 Å². The minimum Gasteiger partial charge on any atom is -0.310 e. The molecule has 2 aromatic carbocycles. The van der Waals surface area contributed by atoms with Gasteiger partial charge in [0.25, 0.3) is 0 Å². The Labute approximate surface area is 159 Å². The lowest BCUT2D eigenvalue weighted by Crippen LogP contribution is -2.51. The van der Waals surface area contributed by atoms with E-state index >= 15 is 0 Å². The molecule has 144 valence electrons. The molecule has 0 fully saturated rings. The number of nitrogens with zero attached hydrogens (tertiary/aromatic N) is 1. The van der Waals surface area contributed by atoms with Gasteiger partial charge in [-0.1, -0.05) is 44.2 Å². The maximum absolute atomic E-state index is 13.1. The molecule has 0 aliphatic carbocycles. The second-order valence-electron chi connectivity index (χ2n) is 7.09. The summed E-state index contributed by atoms with van der Waals surface area (Å²) in [5.74, 6) is -1.20. The van der Waals surface area contributed by atoms with Gasteiger partial charge in [-0.05, 0) is 41.7 Å². The van der Waals surface area contributed by atoms with E-state index in [0.29, 0.717) is 12.1 Å². The van der Waals surface area contributed by atoms with Crippen LogP contribution in [0.1, 0.15) is 25.0 Å². The number of carbonyl (C=O) groups is 1. The summed E-state index contributed by atoms with van der Waals surface area (Å²) in [6.07, 6.45) is 0.759. The summed E-state index contributed by atoms with van der Waals surface area (Å²) in [5.41, 5.74) is 2.39. The van der Waals surface area contributed by atoms with Crippen molar-refractivity contribution in [2.45, 2.75) is 32.1 Å². The molecule has 1 N–H and O–H groups in total. The largest absolute Gasteiger partial charge is 0.310 e. The van der Waals surface area contributed by atoms with Crippen molar-refractivity contribution in [2.24, 2.45) is 5.92 Å². The normalized spacial score (nSPS) is 15.0. The number of hydrogen-bond donors (Lipinski definition) is 1. The minimum atomic E-state index is -3.76. The third kappa shape index (κ3) is 4.54. The van der Waals surface area contributed by atoms with Crippen LogP contribution < -0.4 is 9.62 Å². The third-order valence-electron chi connectivity index (χ3n) is 4.66. The predicted octanol–water partition coefficient (Wildman–Crippen LogP) is 2.86. The average Bonchev–Trinajstić information content (AvgIpc) is 3.05. The van der Waals surface area contributed by atoms with Crippen LogP contribution in [0.15, 0.2) is 48.5 Å². The Morgan fingerprint density at radius 2 is 1.81 bits per heavy atom. The van der Waals surface area contributed by atoms with E-state index in [1.165, 1.54) is 24.3 Å². The molecular weight excluding hydrogens is 367 g/mol. The van der Waals surface area contributed by atoms with Crippen molar-refractivity contribution in [1.29, 1.82) is 0 Å². The number of benzene rings is 2. The van der Waals surface area contributed by atoms with Gasteiger partial charge >= 0.3 is 0 Å². The van der Waals surface area contributed by atoms with Crippen LogP contribution in [-0.4, -0.2) is 26.9 Å². The van der Waals surface area contributed by atoms with Gasteiger partial charge < -0.3 is 4.90 Å². The van der Waals surface area contributed by atoms with Crippen molar-refractivity contribution in [1.82, 2.24) is 4.72 Å². The maximum Gasteiger partial charge on any atom is 0.245 e. The number of carbonyl (C=O) groups excluding carboxylic acids is 1.